The number of ether oxygens (including phenoxy) is 3. The Morgan fingerprint density at radius 2 is 1.81 bits per heavy atom. The number of esters is 1. The Balaban J connectivity index is 1.11. The van der Waals surface area contributed by atoms with Gasteiger partial charge in [-0.05, 0) is 88.4 Å². The van der Waals surface area contributed by atoms with Gasteiger partial charge in [-0.2, -0.15) is 0 Å². The molecule has 6 bridgehead atoms. The van der Waals surface area contributed by atoms with E-state index in [4.69, 9.17) is 24.2 Å². The van der Waals surface area contributed by atoms with Gasteiger partial charge in [0, 0.05) is 103 Å². The molecule has 354 valence electrons. The average Bonchev–Trinajstić information content (AvgIpc) is 3.68. The third-order valence-corrected chi connectivity index (χ3v) is 15.2. The highest BCUT2D eigenvalue weighted by atomic mass is 32.2. The Morgan fingerprint density at radius 1 is 1.04 bits per heavy atom. The fraction of sp³-hybridized carbons (Fsp3) is 0.520. The molecule has 7 heterocycles. The predicted molar refractivity (Wildman–Crippen MR) is 255 cm³/mol. The van der Waals surface area contributed by atoms with Crippen molar-refractivity contribution < 1.29 is 33.4 Å². The summed E-state index contributed by atoms with van der Waals surface area (Å²) in [5, 5.41) is 6.08. The first kappa shape index (κ1) is 46.6. The second-order valence-electron chi connectivity index (χ2n) is 19.3. The van der Waals surface area contributed by atoms with Gasteiger partial charge in [-0.3, -0.25) is 34.2 Å². The molecule has 16 nitrogen and oxygen atoms in total. The van der Waals surface area contributed by atoms with Crippen LogP contribution in [0.1, 0.15) is 96.0 Å². The van der Waals surface area contributed by atoms with Gasteiger partial charge in [-0.25, -0.2) is 15.4 Å². The molecule has 17 heteroatoms. The maximum absolute atomic E-state index is 15.0. The summed E-state index contributed by atoms with van der Waals surface area (Å²) in [5.41, 5.74) is 8.71. The maximum atomic E-state index is 15.0. The lowest BCUT2D eigenvalue weighted by Gasteiger charge is -2.37. The van der Waals surface area contributed by atoms with Crippen LogP contribution in [0.5, 0.6) is 0 Å². The zero-order valence-corrected chi connectivity index (χ0v) is 40.4. The van der Waals surface area contributed by atoms with Gasteiger partial charge in [0.1, 0.15) is 29.1 Å². The van der Waals surface area contributed by atoms with Gasteiger partial charge in [-0.15, -0.1) is 11.8 Å². The molecular formula is C50H61N9O7S. The number of aliphatic imine (C=N–C) groups is 1. The van der Waals surface area contributed by atoms with E-state index in [1.54, 1.807) is 36.7 Å². The zero-order chi connectivity index (χ0) is 47.4. The van der Waals surface area contributed by atoms with Crippen molar-refractivity contribution in [3.05, 3.63) is 88.8 Å². The Hall–Kier alpha value is -5.49. The van der Waals surface area contributed by atoms with Crippen LogP contribution in [-0.2, 0) is 51.9 Å². The molecule has 0 saturated carbocycles. The third kappa shape index (κ3) is 8.79. The number of rotatable bonds is 10. The van der Waals surface area contributed by atoms with E-state index in [1.165, 1.54) is 16.8 Å². The minimum Gasteiger partial charge on any atom is -0.464 e. The minimum atomic E-state index is -1.25. The van der Waals surface area contributed by atoms with Crippen LogP contribution >= 0.6 is 11.8 Å². The molecule has 0 radical (unpaired) electrons. The van der Waals surface area contributed by atoms with Crippen LogP contribution in [0.2, 0.25) is 0 Å². The van der Waals surface area contributed by atoms with Crippen LogP contribution in [0.25, 0.3) is 22.2 Å². The number of hydrazine groups is 1. The van der Waals surface area contributed by atoms with Gasteiger partial charge in [0.25, 0.3) is 11.8 Å². The molecular weight excluding hydrogens is 871 g/mol. The van der Waals surface area contributed by atoms with E-state index in [0.29, 0.717) is 73.2 Å². The van der Waals surface area contributed by atoms with E-state index >= 15 is 0 Å². The normalized spacial score (nSPS) is 25.9. The van der Waals surface area contributed by atoms with E-state index in [0.717, 1.165) is 39.0 Å². The SMILES string of the molecule is CCO[C@@H]1C2=NC(C)(CS2)c2ccc3c(c2)c(c(-c2cccnc2[C@H](C)OC)n3CC)CC(C)(C)COC(=O)[C@@H]2CCCN(N2)C(=O)[C@H]1NC(=O)C1=C(C(=O)N2CC(c3ncccn3)C2)[C@@H]1C. The highest BCUT2D eigenvalue weighted by Gasteiger charge is 2.50. The van der Waals surface area contributed by atoms with E-state index in [-0.39, 0.29) is 31.1 Å². The van der Waals surface area contributed by atoms with E-state index < -0.39 is 52.8 Å². The number of fused-ring (bicyclic) bond motifs is 5. The molecule has 1 unspecified atom stereocenters. The second-order valence-corrected chi connectivity index (χ2v) is 20.3. The summed E-state index contributed by atoms with van der Waals surface area (Å²) >= 11 is 1.50. The number of likely N-dealkylation sites (tertiary alicyclic amines) is 1. The number of pyridine rings is 1. The molecule has 2 N–H and O–H groups in total. The molecule has 2 fully saturated rings. The monoisotopic (exact) mass is 931 g/mol. The van der Waals surface area contributed by atoms with Crippen molar-refractivity contribution in [3.63, 3.8) is 0 Å². The van der Waals surface area contributed by atoms with Crippen molar-refractivity contribution in [1.82, 2.24) is 40.2 Å². The zero-order valence-electron chi connectivity index (χ0n) is 39.6. The maximum Gasteiger partial charge on any atom is 0.324 e. The van der Waals surface area contributed by atoms with Crippen LogP contribution in [0.15, 0.2) is 71.1 Å². The molecule has 4 aliphatic heterocycles. The van der Waals surface area contributed by atoms with Gasteiger partial charge in [-0.1, -0.05) is 26.8 Å². The number of carbonyl (C=O) groups excluding carboxylic acids is 4. The first-order chi connectivity index (χ1) is 32.2. The molecule has 0 spiro atoms. The lowest BCUT2D eigenvalue weighted by molar-refractivity contribution is -0.156. The number of benzene rings is 1. The topological polar surface area (TPSA) is 182 Å². The number of amides is 3. The van der Waals surface area contributed by atoms with Crippen molar-refractivity contribution >= 4 is 51.4 Å². The summed E-state index contributed by atoms with van der Waals surface area (Å²) in [4.78, 5) is 77.7. The summed E-state index contributed by atoms with van der Waals surface area (Å²) < 4.78 is 20.8. The van der Waals surface area contributed by atoms with Crippen LogP contribution in [0, 0.1) is 11.3 Å². The van der Waals surface area contributed by atoms with Crippen molar-refractivity contribution in [2.75, 3.05) is 45.7 Å². The molecule has 9 rings (SSSR count). The van der Waals surface area contributed by atoms with Crippen molar-refractivity contribution in [2.24, 2.45) is 16.3 Å². The Kier molecular flexibility index (Phi) is 12.9. The molecule has 1 aliphatic carbocycles. The van der Waals surface area contributed by atoms with E-state index in [9.17, 15) is 19.2 Å². The van der Waals surface area contributed by atoms with E-state index in [1.807, 2.05) is 26.8 Å². The first-order valence-electron chi connectivity index (χ1n) is 23.5. The van der Waals surface area contributed by atoms with Crippen LogP contribution in [0.4, 0.5) is 0 Å². The minimum absolute atomic E-state index is 0.0257. The summed E-state index contributed by atoms with van der Waals surface area (Å²) in [6, 6.07) is 10.3. The largest absolute Gasteiger partial charge is 0.464 e. The quantitative estimate of drug-likeness (QED) is 0.187. The highest BCUT2D eigenvalue weighted by molar-refractivity contribution is 8.14. The fourth-order valence-electron chi connectivity index (χ4n) is 10.1. The Bertz CT molecular complexity index is 2660. The number of carbonyl (C=O) groups is 4. The number of cyclic esters (lactones) is 1. The number of aromatic nitrogens is 4. The molecule has 3 aromatic heterocycles. The fourth-order valence-corrected chi connectivity index (χ4v) is 11.3. The smallest absolute Gasteiger partial charge is 0.324 e. The molecule has 67 heavy (non-hydrogen) atoms. The number of aryl methyl sites for hydroxylation is 1. The molecule has 1 aromatic carbocycles. The third-order valence-electron chi connectivity index (χ3n) is 13.9. The molecule has 3 amide bonds. The number of nitrogens with one attached hydrogen (secondary N) is 2. The summed E-state index contributed by atoms with van der Waals surface area (Å²) in [5.74, 6) is -0.786. The Morgan fingerprint density at radius 3 is 2.54 bits per heavy atom. The number of nitrogens with zero attached hydrogens (tertiary/aromatic N) is 7. The van der Waals surface area contributed by atoms with Crippen LogP contribution in [-0.4, -0.2) is 122 Å². The summed E-state index contributed by atoms with van der Waals surface area (Å²) in [6.45, 7) is 16.4. The number of thioether (sulfide) groups is 1. The van der Waals surface area contributed by atoms with Gasteiger partial charge in [0.15, 0.2) is 0 Å². The molecule has 5 aliphatic rings. The average molecular weight is 932 g/mol. The highest BCUT2D eigenvalue weighted by Crippen LogP contribution is 2.46. The van der Waals surface area contributed by atoms with Crippen LogP contribution in [0.3, 0.4) is 0 Å². The Labute approximate surface area is 395 Å². The summed E-state index contributed by atoms with van der Waals surface area (Å²) in [6.07, 6.45) is 5.50. The lowest BCUT2D eigenvalue weighted by Crippen LogP contribution is -2.63. The summed E-state index contributed by atoms with van der Waals surface area (Å²) in [7, 11) is 1.69. The predicted octanol–water partition coefficient (Wildman–Crippen LogP) is 5.66. The number of hydrogen-bond acceptors (Lipinski definition) is 13. The first-order valence-corrected chi connectivity index (χ1v) is 24.5. The molecule has 4 aromatic rings. The van der Waals surface area contributed by atoms with Gasteiger partial charge < -0.3 is 29.0 Å². The lowest BCUT2D eigenvalue weighted by atomic mass is 9.83. The van der Waals surface area contributed by atoms with Crippen LogP contribution < -0.4 is 10.7 Å². The molecule has 2 saturated heterocycles. The second kappa shape index (κ2) is 18.5. The van der Waals surface area contributed by atoms with Crippen molar-refractivity contribution in [1.29, 1.82) is 0 Å². The standard InChI is InChI=1S/C50H61N9O7S/c1-9-58-36-17-16-31-22-33(36)34(41(58)32-14-11-18-51-39(32)29(4)64-8)23-49(5,6)26-66-48(63)35-15-12-21-59(56-35)47(62)40(42(65-10-2)45-55-50(31,7)27-67-45)54-44(60)37-28(3)38(37)46(61)57-24-30(25-57)43-52-19-13-20-53-43/h11,13-14,16-20,22,28-30,35,40,42,56H,9-10,12,15,21,23-27H2,1-8H3,(H,54,60)/t28-,29+,35+,40+,42+,50?/m1/s1. The number of methoxy groups -OCH3 is 1. The number of hydrogen-bond donors (Lipinski definition) is 2. The van der Waals surface area contributed by atoms with Gasteiger partial charge in [0.2, 0.25) is 5.91 Å². The van der Waals surface area contributed by atoms with E-state index in [2.05, 4.69) is 77.2 Å². The van der Waals surface area contributed by atoms with Gasteiger partial charge >= 0.3 is 5.97 Å². The molecule has 6 atom stereocenters. The van der Waals surface area contributed by atoms with Crippen molar-refractivity contribution in [2.45, 2.75) is 110 Å². The van der Waals surface area contributed by atoms with Crippen molar-refractivity contribution in [3.8, 4) is 11.3 Å². The van der Waals surface area contributed by atoms with Gasteiger partial charge in [0.05, 0.1) is 35.6 Å².